The van der Waals surface area contributed by atoms with Crippen LogP contribution in [-0.4, -0.2) is 19.9 Å². The van der Waals surface area contributed by atoms with Gasteiger partial charge in [-0.05, 0) is 24.6 Å². The largest absolute Gasteiger partial charge is 0.347 e. The Morgan fingerprint density at radius 1 is 1.28 bits per heavy atom. The van der Waals surface area contributed by atoms with Crippen LogP contribution in [0.15, 0.2) is 36.9 Å². The fourth-order valence-corrected chi connectivity index (χ4v) is 2.03. The van der Waals surface area contributed by atoms with Crippen molar-refractivity contribution in [2.75, 3.05) is 0 Å². The molecular weight excluding hydrogens is 226 g/mol. The van der Waals surface area contributed by atoms with Gasteiger partial charge in [0.25, 0.3) is 0 Å². The van der Waals surface area contributed by atoms with E-state index in [-0.39, 0.29) is 6.04 Å². The maximum Gasteiger partial charge on any atom is 0.137 e. The maximum absolute atomic E-state index is 4.28. The summed E-state index contributed by atoms with van der Waals surface area (Å²) in [5.74, 6) is 0.952. The number of hydrogen-bond donors (Lipinski definition) is 3. The minimum atomic E-state index is 0.196. The van der Waals surface area contributed by atoms with Gasteiger partial charge < -0.3 is 15.3 Å². The predicted octanol–water partition coefficient (Wildman–Crippen LogP) is 2.14. The standard InChI is InChI=1S/C13H15N5/c1-9(12-15-5-6-16-12)17-7-10-8-18-13-11(10)3-2-4-14-13/h2-6,8-9,17H,7H2,1H3,(H,14,18)(H,15,16). The van der Waals surface area contributed by atoms with Gasteiger partial charge in [0, 0.05) is 36.7 Å². The van der Waals surface area contributed by atoms with Crippen molar-refractivity contribution in [1.82, 2.24) is 25.3 Å². The second kappa shape index (κ2) is 4.62. The Morgan fingerprint density at radius 3 is 3.06 bits per heavy atom. The summed E-state index contributed by atoms with van der Waals surface area (Å²) >= 11 is 0. The zero-order valence-corrected chi connectivity index (χ0v) is 10.1. The van der Waals surface area contributed by atoms with E-state index >= 15 is 0 Å². The topological polar surface area (TPSA) is 69.4 Å². The molecule has 1 unspecified atom stereocenters. The Kier molecular flexibility index (Phi) is 2.82. The van der Waals surface area contributed by atoms with Gasteiger partial charge in [0.15, 0.2) is 0 Å². The lowest BCUT2D eigenvalue weighted by Gasteiger charge is -2.10. The molecule has 0 spiro atoms. The summed E-state index contributed by atoms with van der Waals surface area (Å²) in [6.45, 7) is 2.87. The normalized spacial score (nSPS) is 12.9. The summed E-state index contributed by atoms with van der Waals surface area (Å²) < 4.78 is 0. The van der Waals surface area contributed by atoms with Crippen molar-refractivity contribution in [2.45, 2.75) is 19.5 Å². The van der Waals surface area contributed by atoms with Crippen LogP contribution in [0.3, 0.4) is 0 Å². The Balaban J connectivity index is 1.73. The van der Waals surface area contributed by atoms with Crippen LogP contribution in [-0.2, 0) is 6.54 Å². The zero-order valence-electron chi connectivity index (χ0n) is 10.1. The first kappa shape index (κ1) is 11.0. The molecule has 0 bridgehead atoms. The van der Waals surface area contributed by atoms with E-state index in [0.29, 0.717) is 0 Å². The van der Waals surface area contributed by atoms with Crippen molar-refractivity contribution in [3.8, 4) is 0 Å². The van der Waals surface area contributed by atoms with Crippen molar-refractivity contribution in [3.63, 3.8) is 0 Å². The lowest BCUT2D eigenvalue weighted by Crippen LogP contribution is -2.18. The van der Waals surface area contributed by atoms with Gasteiger partial charge in [0.05, 0.1) is 6.04 Å². The summed E-state index contributed by atoms with van der Waals surface area (Å²) in [5.41, 5.74) is 2.15. The Bertz CT molecular complexity index is 626. The lowest BCUT2D eigenvalue weighted by atomic mass is 10.2. The summed E-state index contributed by atoms with van der Waals surface area (Å²) in [6.07, 6.45) is 7.40. The minimum Gasteiger partial charge on any atom is -0.347 e. The Morgan fingerprint density at radius 2 is 2.22 bits per heavy atom. The number of aromatic nitrogens is 4. The molecule has 0 radical (unpaired) electrons. The third kappa shape index (κ3) is 2.00. The highest BCUT2D eigenvalue weighted by Gasteiger charge is 2.09. The molecule has 18 heavy (non-hydrogen) atoms. The quantitative estimate of drug-likeness (QED) is 0.655. The molecule has 0 fully saturated rings. The van der Waals surface area contributed by atoms with Gasteiger partial charge in [-0.2, -0.15) is 0 Å². The van der Waals surface area contributed by atoms with E-state index in [1.165, 1.54) is 5.56 Å². The molecule has 3 aromatic rings. The van der Waals surface area contributed by atoms with Gasteiger partial charge in [0.2, 0.25) is 0 Å². The molecular formula is C13H15N5. The molecule has 0 aliphatic rings. The van der Waals surface area contributed by atoms with Crippen LogP contribution < -0.4 is 5.32 Å². The zero-order chi connectivity index (χ0) is 12.4. The van der Waals surface area contributed by atoms with Gasteiger partial charge in [-0.25, -0.2) is 9.97 Å². The van der Waals surface area contributed by atoms with Crippen molar-refractivity contribution >= 4 is 11.0 Å². The van der Waals surface area contributed by atoms with Crippen molar-refractivity contribution < 1.29 is 0 Å². The van der Waals surface area contributed by atoms with E-state index in [9.17, 15) is 0 Å². The molecule has 3 aromatic heterocycles. The second-order valence-corrected chi connectivity index (χ2v) is 4.29. The fraction of sp³-hybridized carbons (Fsp3) is 0.231. The van der Waals surface area contributed by atoms with E-state index < -0.39 is 0 Å². The third-order valence-corrected chi connectivity index (χ3v) is 3.07. The van der Waals surface area contributed by atoms with Crippen LogP contribution in [0.1, 0.15) is 24.4 Å². The van der Waals surface area contributed by atoms with E-state index in [1.807, 2.05) is 18.5 Å². The highest BCUT2D eigenvalue weighted by atomic mass is 15.0. The van der Waals surface area contributed by atoms with Gasteiger partial charge >= 0.3 is 0 Å². The van der Waals surface area contributed by atoms with Gasteiger partial charge in [-0.3, -0.25) is 0 Å². The first-order chi connectivity index (χ1) is 8.84. The van der Waals surface area contributed by atoms with Crippen molar-refractivity contribution in [2.24, 2.45) is 0 Å². The average molecular weight is 241 g/mol. The van der Waals surface area contributed by atoms with E-state index in [4.69, 9.17) is 0 Å². The predicted molar refractivity (Wildman–Crippen MR) is 69.9 cm³/mol. The lowest BCUT2D eigenvalue weighted by molar-refractivity contribution is 0.552. The van der Waals surface area contributed by atoms with Crippen LogP contribution >= 0.6 is 0 Å². The van der Waals surface area contributed by atoms with Gasteiger partial charge in [-0.15, -0.1) is 0 Å². The molecule has 3 rings (SSSR count). The van der Waals surface area contributed by atoms with E-state index in [2.05, 4.69) is 38.2 Å². The maximum atomic E-state index is 4.28. The summed E-state index contributed by atoms with van der Waals surface area (Å²) in [4.78, 5) is 14.8. The Hall–Kier alpha value is -2.14. The van der Waals surface area contributed by atoms with Crippen LogP contribution in [0.4, 0.5) is 0 Å². The highest BCUT2D eigenvalue weighted by Crippen LogP contribution is 2.16. The van der Waals surface area contributed by atoms with Crippen LogP contribution in [0.5, 0.6) is 0 Å². The van der Waals surface area contributed by atoms with Gasteiger partial charge in [-0.1, -0.05) is 0 Å². The molecule has 5 heteroatoms. The molecule has 0 aliphatic heterocycles. The molecule has 3 N–H and O–H groups in total. The van der Waals surface area contributed by atoms with Crippen LogP contribution in [0.25, 0.3) is 11.0 Å². The van der Waals surface area contributed by atoms with E-state index in [0.717, 1.165) is 23.4 Å². The van der Waals surface area contributed by atoms with Crippen LogP contribution in [0, 0.1) is 0 Å². The second-order valence-electron chi connectivity index (χ2n) is 4.29. The number of hydrogen-bond acceptors (Lipinski definition) is 3. The van der Waals surface area contributed by atoms with Crippen molar-refractivity contribution in [3.05, 3.63) is 48.3 Å². The van der Waals surface area contributed by atoms with Crippen molar-refractivity contribution in [1.29, 1.82) is 0 Å². The molecule has 1 atom stereocenters. The van der Waals surface area contributed by atoms with Crippen LogP contribution in [0.2, 0.25) is 0 Å². The SMILES string of the molecule is CC(NCc1c[nH]c2ncccc12)c1ncc[nH]1. The first-order valence-corrected chi connectivity index (χ1v) is 5.98. The number of fused-ring (bicyclic) bond motifs is 1. The average Bonchev–Trinajstić information content (AvgIpc) is 3.06. The molecule has 0 saturated carbocycles. The molecule has 5 nitrogen and oxygen atoms in total. The molecule has 0 amide bonds. The first-order valence-electron chi connectivity index (χ1n) is 5.98. The summed E-state index contributed by atoms with van der Waals surface area (Å²) in [5, 5.41) is 4.60. The fourth-order valence-electron chi connectivity index (χ4n) is 2.03. The molecule has 92 valence electrons. The number of imidazole rings is 1. The monoisotopic (exact) mass is 241 g/mol. The molecule has 0 aromatic carbocycles. The number of nitrogens with one attached hydrogen (secondary N) is 3. The molecule has 3 heterocycles. The van der Waals surface area contributed by atoms with E-state index in [1.54, 1.807) is 12.4 Å². The van der Waals surface area contributed by atoms with Gasteiger partial charge in [0.1, 0.15) is 11.5 Å². The molecule has 0 aliphatic carbocycles. The number of nitrogens with zero attached hydrogens (tertiary/aromatic N) is 2. The summed E-state index contributed by atoms with van der Waals surface area (Å²) in [6, 6.07) is 4.23. The highest BCUT2D eigenvalue weighted by molar-refractivity contribution is 5.79. The third-order valence-electron chi connectivity index (χ3n) is 3.07. The number of pyridine rings is 1. The number of rotatable bonds is 4. The minimum absolute atomic E-state index is 0.196. The Labute approximate surface area is 105 Å². The smallest absolute Gasteiger partial charge is 0.137 e. The summed E-state index contributed by atoms with van der Waals surface area (Å²) in [7, 11) is 0. The number of H-pyrrole nitrogens is 2. The molecule has 0 saturated heterocycles. The number of aromatic amines is 2.